The molecule has 3 nitrogen and oxygen atoms in total. The predicted octanol–water partition coefficient (Wildman–Crippen LogP) is 2.47. The Balaban J connectivity index is 2.72. The standard InChI is InChI=1S/C9H13N3S/c1-3-8(2)12-6-5-11-9(12)13-7-4-10/h5-6,8H,3,7H2,1-2H3. The van der Waals surface area contributed by atoms with Gasteiger partial charge in [0, 0.05) is 18.4 Å². The van der Waals surface area contributed by atoms with Gasteiger partial charge in [-0.1, -0.05) is 18.7 Å². The Morgan fingerprint density at radius 3 is 3.15 bits per heavy atom. The molecule has 1 aromatic heterocycles. The Morgan fingerprint density at radius 2 is 2.54 bits per heavy atom. The van der Waals surface area contributed by atoms with Crippen molar-refractivity contribution >= 4 is 11.8 Å². The molecule has 0 aliphatic carbocycles. The molecule has 0 aromatic carbocycles. The summed E-state index contributed by atoms with van der Waals surface area (Å²) in [6, 6.07) is 2.56. The van der Waals surface area contributed by atoms with Crippen molar-refractivity contribution in [2.75, 3.05) is 5.75 Å². The summed E-state index contributed by atoms with van der Waals surface area (Å²) in [4.78, 5) is 4.20. The fourth-order valence-corrected chi connectivity index (χ4v) is 1.76. The normalized spacial score (nSPS) is 12.4. The Kier molecular flexibility index (Phi) is 3.84. The van der Waals surface area contributed by atoms with Gasteiger partial charge in [0.25, 0.3) is 0 Å². The highest BCUT2D eigenvalue weighted by Gasteiger charge is 2.07. The molecular weight excluding hydrogens is 182 g/mol. The third-order valence-electron chi connectivity index (χ3n) is 1.96. The van der Waals surface area contributed by atoms with E-state index in [-0.39, 0.29) is 0 Å². The molecule has 1 aromatic rings. The molecule has 70 valence electrons. The molecule has 1 rings (SSSR count). The van der Waals surface area contributed by atoms with Crippen LogP contribution in [-0.2, 0) is 0 Å². The van der Waals surface area contributed by atoms with Gasteiger partial charge in [-0.2, -0.15) is 5.26 Å². The maximum Gasteiger partial charge on any atom is 0.169 e. The third kappa shape index (κ3) is 2.49. The highest BCUT2D eigenvalue weighted by molar-refractivity contribution is 7.99. The van der Waals surface area contributed by atoms with Gasteiger partial charge in [0.2, 0.25) is 0 Å². The lowest BCUT2D eigenvalue weighted by Gasteiger charge is -2.12. The molecule has 0 N–H and O–H groups in total. The minimum absolute atomic E-state index is 0.462. The van der Waals surface area contributed by atoms with Crippen LogP contribution in [0.5, 0.6) is 0 Å². The number of aromatic nitrogens is 2. The molecule has 13 heavy (non-hydrogen) atoms. The van der Waals surface area contributed by atoms with Crippen molar-refractivity contribution in [1.29, 1.82) is 5.26 Å². The quantitative estimate of drug-likeness (QED) is 0.693. The van der Waals surface area contributed by atoms with Crippen molar-refractivity contribution in [2.24, 2.45) is 0 Å². The Bertz CT molecular complexity index is 300. The molecule has 0 saturated heterocycles. The van der Waals surface area contributed by atoms with Crippen LogP contribution in [0.3, 0.4) is 0 Å². The van der Waals surface area contributed by atoms with Gasteiger partial charge >= 0.3 is 0 Å². The summed E-state index contributed by atoms with van der Waals surface area (Å²) < 4.78 is 2.11. The van der Waals surface area contributed by atoms with Crippen LogP contribution in [0.2, 0.25) is 0 Å². The summed E-state index contributed by atoms with van der Waals surface area (Å²) in [5, 5.41) is 9.38. The van der Waals surface area contributed by atoms with Gasteiger partial charge in [-0.3, -0.25) is 0 Å². The molecule has 0 radical (unpaired) electrons. The largest absolute Gasteiger partial charge is 0.323 e. The molecule has 0 amide bonds. The molecule has 1 unspecified atom stereocenters. The van der Waals surface area contributed by atoms with Crippen LogP contribution in [0, 0.1) is 11.3 Å². The number of rotatable bonds is 4. The maximum absolute atomic E-state index is 8.44. The molecule has 0 bridgehead atoms. The SMILES string of the molecule is CCC(C)n1ccnc1SCC#N. The van der Waals surface area contributed by atoms with Gasteiger partial charge in [-0.25, -0.2) is 4.98 Å². The smallest absolute Gasteiger partial charge is 0.169 e. The maximum atomic E-state index is 8.44. The average Bonchev–Trinajstić information content (AvgIpc) is 2.61. The molecule has 0 spiro atoms. The fourth-order valence-electron chi connectivity index (χ4n) is 1.04. The predicted molar refractivity (Wildman–Crippen MR) is 53.6 cm³/mol. The van der Waals surface area contributed by atoms with Gasteiger partial charge in [0.1, 0.15) is 0 Å². The first kappa shape index (κ1) is 10.1. The van der Waals surface area contributed by atoms with E-state index in [1.807, 2.05) is 6.20 Å². The van der Waals surface area contributed by atoms with Gasteiger partial charge < -0.3 is 4.57 Å². The van der Waals surface area contributed by atoms with E-state index >= 15 is 0 Å². The first-order valence-electron chi connectivity index (χ1n) is 4.32. The van der Waals surface area contributed by atoms with Crippen molar-refractivity contribution in [2.45, 2.75) is 31.5 Å². The Morgan fingerprint density at radius 1 is 1.77 bits per heavy atom. The van der Waals surface area contributed by atoms with Gasteiger partial charge in [0.05, 0.1) is 11.8 Å². The van der Waals surface area contributed by atoms with Gasteiger partial charge in [-0.05, 0) is 13.3 Å². The lowest BCUT2D eigenvalue weighted by molar-refractivity contribution is 0.492. The summed E-state index contributed by atoms with van der Waals surface area (Å²) >= 11 is 1.49. The lowest BCUT2D eigenvalue weighted by atomic mass is 10.3. The lowest BCUT2D eigenvalue weighted by Crippen LogP contribution is -2.03. The third-order valence-corrected chi connectivity index (χ3v) is 2.81. The minimum Gasteiger partial charge on any atom is -0.323 e. The zero-order chi connectivity index (χ0) is 9.68. The summed E-state index contributed by atoms with van der Waals surface area (Å²) in [6.45, 7) is 4.29. The van der Waals surface area contributed by atoms with Crippen LogP contribution in [0.1, 0.15) is 26.3 Å². The number of thioether (sulfide) groups is 1. The summed E-state index contributed by atoms with van der Waals surface area (Å²) in [6.07, 6.45) is 4.83. The van der Waals surface area contributed by atoms with Crippen molar-refractivity contribution in [3.05, 3.63) is 12.4 Å². The molecular formula is C9H13N3S. The number of imidazole rings is 1. The van der Waals surface area contributed by atoms with Crippen LogP contribution in [0.15, 0.2) is 17.6 Å². The van der Waals surface area contributed by atoms with E-state index in [9.17, 15) is 0 Å². The second kappa shape index (κ2) is 4.93. The molecule has 0 saturated carbocycles. The number of hydrogen-bond donors (Lipinski definition) is 0. The fraction of sp³-hybridized carbons (Fsp3) is 0.556. The molecule has 4 heteroatoms. The zero-order valence-electron chi connectivity index (χ0n) is 7.90. The van der Waals surface area contributed by atoms with Crippen molar-refractivity contribution in [1.82, 2.24) is 9.55 Å². The Hall–Kier alpha value is -0.950. The van der Waals surface area contributed by atoms with Crippen molar-refractivity contribution in [3.63, 3.8) is 0 Å². The number of hydrogen-bond acceptors (Lipinski definition) is 3. The first-order valence-corrected chi connectivity index (χ1v) is 5.30. The highest BCUT2D eigenvalue weighted by Crippen LogP contribution is 2.20. The second-order valence-electron chi connectivity index (χ2n) is 2.82. The summed E-state index contributed by atoms with van der Waals surface area (Å²) in [7, 11) is 0. The number of nitrogens with zero attached hydrogens (tertiary/aromatic N) is 3. The highest BCUT2D eigenvalue weighted by atomic mass is 32.2. The van der Waals surface area contributed by atoms with E-state index in [0.717, 1.165) is 11.6 Å². The van der Waals surface area contributed by atoms with E-state index in [1.54, 1.807) is 6.20 Å². The Labute approximate surface area is 82.8 Å². The van der Waals surface area contributed by atoms with Crippen LogP contribution < -0.4 is 0 Å². The van der Waals surface area contributed by atoms with Gasteiger partial charge in [0.15, 0.2) is 5.16 Å². The van der Waals surface area contributed by atoms with Crippen LogP contribution in [-0.4, -0.2) is 15.3 Å². The molecule has 0 aliphatic heterocycles. The van der Waals surface area contributed by atoms with Gasteiger partial charge in [-0.15, -0.1) is 0 Å². The monoisotopic (exact) mass is 195 g/mol. The molecule has 1 atom stereocenters. The molecule has 0 aliphatic rings. The van der Waals surface area contributed by atoms with Crippen LogP contribution in [0.25, 0.3) is 0 Å². The van der Waals surface area contributed by atoms with E-state index in [2.05, 4.69) is 29.5 Å². The first-order chi connectivity index (χ1) is 6.29. The number of nitriles is 1. The topological polar surface area (TPSA) is 41.6 Å². The second-order valence-corrected chi connectivity index (χ2v) is 3.76. The van der Waals surface area contributed by atoms with Crippen molar-refractivity contribution < 1.29 is 0 Å². The zero-order valence-corrected chi connectivity index (χ0v) is 8.71. The van der Waals surface area contributed by atoms with Crippen molar-refractivity contribution in [3.8, 4) is 6.07 Å². The summed E-state index contributed by atoms with van der Waals surface area (Å²) in [5.74, 6) is 0.466. The van der Waals surface area contributed by atoms with E-state index in [1.165, 1.54) is 11.8 Å². The van der Waals surface area contributed by atoms with E-state index in [0.29, 0.717) is 11.8 Å². The molecule has 1 heterocycles. The molecule has 0 fully saturated rings. The van der Waals surface area contributed by atoms with Crippen LogP contribution >= 0.6 is 11.8 Å². The van der Waals surface area contributed by atoms with Crippen LogP contribution in [0.4, 0.5) is 0 Å². The van der Waals surface area contributed by atoms with E-state index < -0.39 is 0 Å². The summed E-state index contributed by atoms with van der Waals surface area (Å²) in [5.41, 5.74) is 0. The minimum atomic E-state index is 0.462. The average molecular weight is 195 g/mol. The van der Waals surface area contributed by atoms with E-state index in [4.69, 9.17) is 5.26 Å².